The molecule has 1 saturated heterocycles. The van der Waals surface area contributed by atoms with E-state index in [1.54, 1.807) is 11.0 Å². The molecule has 2 atom stereocenters. The Balaban J connectivity index is 1.49. The van der Waals surface area contributed by atoms with Crippen molar-refractivity contribution in [3.63, 3.8) is 0 Å². The van der Waals surface area contributed by atoms with Gasteiger partial charge < -0.3 is 15.0 Å². The number of urea groups is 1. The van der Waals surface area contributed by atoms with Crippen molar-refractivity contribution in [3.05, 3.63) is 48.5 Å². The Morgan fingerprint density at radius 3 is 3.00 bits per heavy atom. The minimum Gasteiger partial charge on any atom is -0.374 e. The number of aromatic nitrogens is 3. The molecule has 1 aromatic carbocycles. The van der Waals surface area contributed by atoms with Crippen LogP contribution < -0.4 is 5.32 Å². The summed E-state index contributed by atoms with van der Waals surface area (Å²) in [4.78, 5) is 18.2. The first-order valence-electron chi connectivity index (χ1n) is 8.24. The maximum atomic E-state index is 12.4. The quantitative estimate of drug-likeness (QED) is 0.898. The fourth-order valence-electron chi connectivity index (χ4n) is 2.86. The molecule has 7 nitrogen and oxygen atoms in total. The highest BCUT2D eigenvalue weighted by Gasteiger charge is 2.25. The van der Waals surface area contributed by atoms with E-state index < -0.39 is 0 Å². The first kappa shape index (κ1) is 16.4. The Kier molecular flexibility index (Phi) is 5.43. The van der Waals surface area contributed by atoms with Gasteiger partial charge in [-0.25, -0.2) is 9.78 Å². The Bertz CT molecular complexity index is 632. The van der Waals surface area contributed by atoms with Crippen LogP contribution in [-0.2, 0) is 17.7 Å². The Morgan fingerprint density at radius 1 is 1.42 bits per heavy atom. The zero-order valence-electron chi connectivity index (χ0n) is 13.8. The average molecular weight is 329 g/mol. The summed E-state index contributed by atoms with van der Waals surface area (Å²) in [6.07, 6.45) is 3.99. The molecule has 7 heteroatoms. The van der Waals surface area contributed by atoms with Gasteiger partial charge in [0.15, 0.2) is 0 Å². The fraction of sp³-hybridized carbons (Fsp3) is 0.471. The average Bonchev–Trinajstić information content (AvgIpc) is 3.09. The lowest BCUT2D eigenvalue weighted by Gasteiger charge is -2.33. The summed E-state index contributed by atoms with van der Waals surface area (Å²) in [7, 11) is 0. The maximum Gasteiger partial charge on any atom is 0.317 e. The number of benzene rings is 1. The number of amides is 2. The second-order valence-corrected chi connectivity index (χ2v) is 6.10. The summed E-state index contributed by atoms with van der Waals surface area (Å²) in [5, 5.41) is 7.07. The number of nitrogens with zero attached hydrogens (tertiary/aromatic N) is 4. The van der Waals surface area contributed by atoms with E-state index in [4.69, 9.17) is 4.74 Å². The molecule has 0 saturated carbocycles. The zero-order valence-corrected chi connectivity index (χ0v) is 13.8. The number of morpholine rings is 1. The Hall–Kier alpha value is -2.41. The molecule has 1 aliphatic heterocycles. The van der Waals surface area contributed by atoms with Crippen molar-refractivity contribution < 1.29 is 9.53 Å². The highest BCUT2D eigenvalue weighted by Crippen LogP contribution is 2.12. The molecule has 0 spiro atoms. The second-order valence-electron chi connectivity index (χ2n) is 6.10. The summed E-state index contributed by atoms with van der Waals surface area (Å²) in [5.74, 6) is 0. The molecule has 2 aromatic rings. The lowest BCUT2D eigenvalue weighted by atomic mass is 10.1. The number of nitrogens with one attached hydrogen (secondary N) is 1. The number of carbonyl (C=O) groups excluding carboxylic acids is 1. The second kappa shape index (κ2) is 7.92. The smallest absolute Gasteiger partial charge is 0.317 e. The first-order valence-corrected chi connectivity index (χ1v) is 8.24. The summed E-state index contributed by atoms with van der Waals surface area (Å²) in [6, 6.07) is 10.1. The standard InChI is InChI=1S/C17H23N5O2/c1-14(10-22-13-18-12-19-22)20-17(23)21-7-8-24-16(11-21)9-15-5-3-2-4-6-15/h2-6,12-14,16H,7-11H2,1H3,(H,20,23)/t14-,16+/m0/s1. The van der Waals surface area contributed by atoms with Crippen LogP contribution in [0.4, 0.5) is 4.79 Å². The largest absolute Gasteiger partial charge is 0.374 e. The van der Waals surface area contributed by atoms with Crippen LogP contribution in [0.2, 0.25) is 0 Å². The van der Waals surface area contributed by atoms with E-state index in [2.05, 4.69) is 27.5 Å². The molecule has 1 fully saturated rings. The first-order chi connectivity index (χ1) is 11.7. The maximum absolute atomic E-state index is 12.4. The van der Waals surface area contributed by atoms with E-state index in [1.165, 1.54) is 11.9 Å². The van der Waals surface area contributed by atoms with Gasteiger partial charge in [-0.1, -0.05) is 30.3 Å². The van der Waals surface area contributed by atoms with E-state index in [1.807, 2.05) is 30.0 Å². The number of hydrogen-bond acceptors (Lipinski definition) is 4. The molecule has 0 aliphatic carbocycles. The van der Waals surface area contributed by atoms with E-state index in [9.17, 15) is 4.79 Å². The van der Waals surface area contributed by atoms with Gasteiger partial charge in [-0.15, -0.1) is 0 Å². The van der Waals surface area contributed by atoms with Crippen molar-refractivity contribution in [2.75, 3.05) is 19.7 Å². The minimum atomic E-state index is -0.0519. The molecule has 2 heterocycles. The van der Waals surface area contributed by atoms with Crippen LogP contribution in [0.15, 0.2) is 43.0 Å². The van der Waals surface area contributed by atoms with Gasteiger partial charge in [0.05, 0.1) is 19.3 Å². The normalized spacial score (nSPS) is 19.0. The summed E-state index contributed by atoms with van der Waals surface area (Å²) < 4.78 is 7.52. The lowest BCUT2D eigenvalue weighted by molar-refractivity contribution is -0.0136. The van der Waals surface area contributed by atoms with Crippen LogP contribution in [0.3, 0.4) is 0 Å². The molecular formula is C17H23N5O2. The highest BCUT2D eigenvalue weighted by atomic mass is 16.5. The van der Waals surface area contributed by atoms with Gasteiger partial charge >= 0.3 is 6.03 Å². The monoisotopic (exact) mass is 329 g/mol. The van der Waals surface area contributed by atoms with Crippen LogP contribution >= 0.6 is 0 Å². The van der Waals surface area contributed by atoms with Crippen molar-refractivity contribution >= 4 is 6.03 Å². The zero-order chi connectivity index (χ0) is 16.8. The molecule has 0 unspecified atom stereocenters. The van der Waals surface area contributed by atoms with E-state index >= 15 is 0 Å². The van der Waals surface area contributed by atoms with Gasteiger partial charge in [-0.3, -0.25) is 4.68 Å². The van der Waals surface area contributed by atoms with Gasteiger partial charge in [-0.2, -0.15) is 5.10 Å². The number of hydrogen-bond donors (Lipinski definition) is 1. The number of ether oxygens (including phenoxy) is 1. The third-order valence-electron chi connectivity index (χ3n) is 4.03. The van der Waals surface area contributed by atoms with Crippen LogP contribution in [0.25, 0.3) is 0 Å². The SMILES string of the molecule is C[C@@H](Cn1cncn1)NC(=O)N1CCO[C@H](Cc2ccccc2)C1. The molecule has 0 bridgehead atoms. The number of carbonyl (C=O) groups is 1. The molecule has 128 valence electrons. The van der Waals surface area contributed by atoms with E-state index in [0.717, 1.165) is 6.42 Å². The van der Waals surface area contributed by atoms with Crippen molar-refractivity contribution in [3.8, 4) is 0 Å². The molecule has 1 aliphatic rings. The lowest BCUT2D eigenvalue weighted by Crippen LogP contribution is -2.52. The van der Waals surface area contributed by atoms with Gasteiger partial charge in [0.1, 0.15) is 12.7 Å². The van der Waals surface area contributed by atoms with Crippen LogP contribution in [-0.4, -0.2) is 57.5 Å². The summed E-state index contributed by atoms with van der Waals surface area (Å²) in [5.41, 5.74) is 1.23. The predicted molar refractivity (Wildman–Crippen MR) is 89.5 cm³/mol. The third kappa shape index (κ3) is 4.55. The van der Waals surface area contributed by atoms with Crippen molar-refractivity contribution in [1.29, 1.82) is 0 Å². The topological polar surface area (TPSA) is 72.3 Å². The van der Waals surface area contributed by atoms with Gasteiger partial charge in [0, 0.05) is 25.6 Å². The molecule has 24 heavy (non-hydrogen) atoms. The third-order valence-corrected chi connectivity index (χ3v) is 4.03. The highest BCUT2D eigenvalue weighted by molar-refractivity contribution is 5.74. The summed E-state index contributed by atoms with van der Waals surface area (Å²) in [6.45, 7) is 4.36. The molecule has 3 rings (SSSR count). The Morgan fingerprint density at radius 2 is 2.25 bits per heavy atom. The molecular weight excluding hydrogens is 306 g/mol. The fourth-order valence-corrected chi connectivity index (χ4v) is 2.86. The Labute approximate surface area is 141 Å². The summed E-state index contributed by atoms with van der Waals surface area (Å²) >= 11 is 0. The van der Waals surface area contributed by atoms with Crippen LogP contribution in [0.5, 0.6) is 0 Å². The molecule has 1 aromatic heterocycles. The predicted octanol–water partition coefficient (Wildman–Crippen LogP) is 1.32. The van der Waals surface area contributed by atoms with Crippen LogP contribution in [0.1, 0.15) is 12.5 Å². The van der Waals surface area contributed by atoms with E-state index in [0.29, 0.717) is 26.2 Å². The number of rotatable bonds is 5. The van der Waals surface area contributed by atoms with Gasteiger partial charge in [0.25, 0.3) is 0 Å². The minimum absolute atomic E-state index is 0.0189. The molecule has 2 amide bonds. The van der Waals surface area contributed by atoms with Crippen molar-refractivity contribution in [2.24, 2.45) is 0 Å². The van der Waals surface area contributed by atoms with Gasteiger partial charge in [-0.05, 0) is 12.5 Å². The molecule has 0 radical (unpaired) electrons. The van der Waals surface area contributed by atoms with Gasteiger partial charge in [0.2, 0.25) is 0 Å². The van der Waals surface area contributed by atoms with Crippen LogP contribution in [0, 0.1) is 0 Å². The van der Waals surface area contributed by atoms with Crippen molar-refractivity contribution in [2.45, 2.75) is 32.0 Å². The van der Waals surface area contributed by atoms with Crippen molar-refractivity contribution in [1.82, 2.24) is 25.0 Å². The van der Waals surface area contributed by atoms with E-state index in [-0.39, 0.29) is 18.2 Å². The molecule has 1 N–H and O–H groups in total.